The summed E-state index contributed by atoms with van der Waals surface area (Å²) in [4.78, 5) is 21.6. The third-order valence-electron chi connectivity index (χ3n) is 5.01. The number of rotatable bonds is 7. The van der Waals surface area contributed by atoms with E-state index in [1.165, 1.54) is 44.2 Å². The molecule has 1 aromatic heterocycles. The minimum Gasteiger partial charge on any atom is -0.443 e. The smallest absolute Gasteiger partial charge is 0.416 e. The lowest BCUT2D eigenvalue weighted by atomic mass is 9.96. The Kier molecular flexibility index (Phi) is 8.29. The van der Waals surface area contributed by atoms with Gasteiger partial charge in [-0.3, -0.25) is 9.80 Å². The maximum Gasteiger partial charge on any atom is 0.416 e. The highest BCUT2D eigenvalue weighted by Crippen LogP contribution is 2.31. The zero-order chi connectivity index (χ0) is 20.7. The third kappa shape index (κ3) is 6.77. The molecule has 2 rings (SSSR count). The first-order chi connectivity index (χ1) is 13.2. The van der Waals surface area contributed by atoms with Crippen molar-refractivity contribution in [2.24, 2.45) is 5.92 Å². The third-order valence-corrected chi connectivity index (χ3v) is 5.01. The molecule has 158 valence electrons. The normalized spacial score (nSPS) is 18.3. The second kappa shape index (κ2) is 10.2. The standard InChI is InChI=1S/C23H39N3O2/c1-7-8-14-25-15-10-9-11-20(25)19-12-13-21(24-16-19)26(17-18(2)3)22(27)28-23(4,5)6/h12-13,16,18,20H,7-11,14-15,17H2,1-6H3/t20-/m1/s1. The summed E-state index contributed by atoms with van der Waals surface area (Å²) in [6.45, 7) is 15.0. The molecule has 0 saturated carbocycles. The largest absolute Gasteiger partial charge is 0.443 e. The molecule has 0 aliphatic carbocycles. The fourth-order valence-electron chi connectivity index (χ4n) is 3.70. The van der Waals surface area contributed by atoms with E-state index in [1.54, 1.807) is 4.90 Å². The van der Waals surface area contributed by atoms with Gasteiger partial charge in [0.05, 0.1) is 0 Å². The molecule has 0 spiro atoms. The fraction of sp³-hybridized carbons (Fsp3) is 0.739. The number of amides is 1. The summed E-state index contributed by atoms with van der Waals surface area (Å²) in [5.41, 5.74) is 0.738. The Morgan fingerprint density at radius 3 is 2.64 bits per heavy atom. The number of ether oxygens (including phenoxy) is 1. The number of carbonyl (C=O) groups is 1. The number of hydrogen-bond acceptors (Lipinski definition) is 4. The van der Waals surface area contributed by atoms with Gasteiger partial charge in [0.2, 0.25) is 0 Å². The van der Waals surface area contributed by atoms with Crippen LogP contribution in [0.2, 0.25) is 0 Å². The van der Waals surface area contributed by atoms with Crippen LogP contribution < -0.4 is 4.90 Å². The Morgan fingerprint density at radius 1 is 1.32 bits per heavy atom. The Balaban J connectivity index is 2.17. The Hall–Kier alpha value is -1.62. The molecule has 1 saturated heterocycles. The van der Waals surface area contributed by atoms with Gasteiger partial charge in [-0.05, 0) is 70.7 Å². The maximum atomic E-state index is 12.7. The molecule has 0 unspecified atom stereocenters. The van der Waals surface area contributed by atoms with Crippen LogP contribution in [0, 0.1) is 5.92 Å². The summed E-state index contributed by atoms with van der Waals surface area (Å²) < 4.78 is 5.60. The van der Waals surface area contributed by atoms with Crippen LogP contribution in [0.4, 0.5) is 10.6 Å². The molecule has 5 nitrogen and oxygen atoms in total. The summed E-state index contributed by atoms with van der Waals surface area (Å²) in [6.07, 6.45) is 7.83. The molecular weight excluding hydrogens is 350 g/mol. The number of piperidine rings is 1. The number of anilines is 1. The van der Waals surface area contributed by atoms with Gasteiger partial charge in [0.15, 0.2) is 0 Å². The van der Waals surface area contributed by atoms with Crippen molar-refractivity contribution in [3.8, 4) is 0 Å². The van der Waals surface area contributed by atoms with E-state index in [0.29, 0.717) is 24.3 Å². The molecular formula is C23H39N3O2. The minimum absolute atomic E-state index is 0.330. The number of hydrogen-bond donors (Lipinski definition) is 0. The van der Waals surface area contributed by atoms with Crippen LogP contribution in [0.25, 0.3) is 0 Å². The highest BCUT2D eigenvalue weighted by atomic mass is 16.6. The number of carbonyl (C=O) groups excluding carboxylic acids is 1. The van der Waals surface area contributed by atoms with Crippen LogP contribution in [-0.2, 0) is 4.74 Å². The Labute approximate surface area is 171 Å². The van der Waals surface area contributed by atoms with Crippen LogP contribution in [0.5, 0.6) is 0 Å². The van der Waals surface area contributed by atoms with Gasteiger partial charge in [0.25, 0.3) is 0 Å². The highest BCUT2D eigenvalue weighted by molar-refractivity contribution is 5.86. The van der Waals surface area contributed by atoms with E-state index in [0.717, 1.165) is 6.54 Å². The molecule has 1 fully saturated rings. The SMILES string of the molecule is CCCCN1CCCC[C@@H]1c1ccc(N(CC(C)C)C(=O)OC(C)(C)C)nc1. The van der Waals surface area contributed by atoms with Crippen LogP contribution >= 0.6 is 0 Å². The molecule has 28 heavy (non-hydrogen) atoms. The summed E-state index contributed by atoms with van der Waals surface area (Å²) in [6, 6.07) is 4.57. The van der Waals surface area contributed by atoms with E-state index < -0.39 is 5.60 Å². The molecule has 2 heterocycles. The lowest BCUT2D eigenvalue weighted by molar-refractivity contribution is 0.0575. The van der Waals surface area contributed by atoms with Crippen molar-refractivity contribution in [1.29, 1.82) is 0 Å². The number of pyridine rings is 1. The molecule has 1 amide bonds. The first-order valence-corrected chi connectivity index (χ1v) is 10.9. The van der Waals surface area contributed by atoms with Gasteiger partial charge in [-0.15, -0.1) is 0 Å². The van der Waals surface area contributed by atoms with E-state index in [9.17, 15) is 4.79 Å². The van der Waals surface area contributed by atoms with Crippen LogP contribution in [-0.4, -0.2) is 41.2 Å². The average Bonchev–Trinajstić information content (AvgIpc) is 2.63. The molecule has 1 aliphatic rings. The number of aromatic nitrogens is 1. The van der Waals surface area contributed by atoms with Gasteiger partial charge in [0, 0.05) is 18.8 Å². The van der Waals surface area contributed by atoms with Crippen molar-refractivity contribution in [2.45, 2.75) is 85.3 Å². The lowest BCUT2D eigenvalue weighted by Gasteiger charge is -2.36. The molecule has 0 N–H and O–H groups in total. The fourth-order valence-corrected chi connectivity index (χ4v) is 3.70. The lowest BCUT2D eigenvalue weighted by Crippen LogP contribution is -2.39. The van der Waals surface area contributed by atoms with Gasteiger partial charge in [0.1, 0.15) is 11.4 Å². The first-order valence-electron chi connectivity index (χ1n) is 10.9. The van der Waals surface area contributed by atoms with Gasteiger partial charge in [-0.2, -0.15) is 0 Å². The van der Waals surface area contributed by atoms with Gasteiger partial charge in [-0.1, -0.05) is 39.7 Å². The van der Waals surface area contributed by atoms with Crippen molar-refractivity contribution in [3.05, 3.63) is 23.9 Å². The second-order valence-corrected chi connectivity index (χ2v) is 9.34. The van der Waals surface area contributed by atoms with Crippen LogP contribution in [0.1, 0.15) is 85.3 Å². The Bertz CT molecular complexity index is 607. The second-order valence-electron chi connectivity index (χ2n) is 9.34. The number of nitrogens with zero attached hydrogens (tertiary/aromatic N) is 3. The first kappa shape index (κ1) is 22.7. The van der Waals surface area contributed by atoms with E-state index in [4.69, 9.17) is 4.74 Å². The zero-order valence-corrected chi connectivity index (χ0v) is 18.7. The molecule has 0 bridgehead atoms. The molecule has 1 atom stereocenters. The molecule has 1 aliphatic heterocycles. The minimum atomic E-state index is -0.520. The maximum absolute atomic E-state index is 12.7. The van der Waals surface area contributed by atoms with Crippen LogP contribution in [0.3, 0.4) is 0 Å². The van der Waals surface area contributed by atoms with Gasteiger partial charge in [-0.25, -0.2) is 9.78 Å². The van der Waals surface area contributed by atoms with E-state index in [-0.39, 0.29) is 6.09 Å². The highest BCUT2D eigenvalue weighted by Gasteiger charge is 2.27. The summed E-state index contributed by atoms with van der Waals surface area (Å²) in [5.74, 6) is 1.000. The molecule has 0 aromatic carbocycles. The monoisotopic (exact) mass is 389 g/mol. The summed E-state index contributed by atoms with van der Waals surface area (Å²) >= 11 is 0. The summed E-state index contributed by atoms with van der Waals surface area (Å²) in [5, 5.41) is 0. The quantitative estimate of drug-likeness (QED) is 0.591. The molecule has 5 heteroatoms. The predicted molar refractivity (Wildman–Crippen MR) is 116 cm³/mol. The van der Waals surface area contributed by atoms with Gasteiger partial charge < -0.3 is 4.74 Å². The van der Waals surface area contributed by atoms with Crippen molar-refractivity contribution in [2.75, 3.05) is 24.5 Å². The predicted octanol–water partition coefficient (Wildman–Crippen LogP) is 5.81. The van der Waals surface area contributed by atoms with Crippen molar-refractivity contribution in [3.63, 3.8) is 0 Å². The van der Waals surface area contributed by atoms with Crippen LogP contribution in [0.15, 0.2) is 18.3 Å². The number of likely N-dealkylation sites (tertiary alicyclic amines) is 1. The average molecular weight is 390 g/mol. The van der Waals surface area contributed by atoms with Gasteiger partial charge >= 0.3 is 6.09 Å². The number of unbranched alkanes of at least 4 members (excludes halogenated alkanes) is 1. The Morgan fingerprint density at radius 2 is 2.07 bits per heavy atom. The van der Waals surface area contributed by atoms with Crippen molar-refractivity contribution < 1.29 is 9.53 Å². The van der Waals surface area contributed by atoms with E-state index in [1.807, 2.05) is 33.0 Å². The van der Waals surface area contributed by atoms with E-state index in [2.05, 4.69) is 36.7 Å². The molecule has 1 aromatic rings. The zero-order valence-electron chi connectivity index (χ0n) is 18.7. The van der Waals surface area contributed by atoms with Crippen molar-refractivity contribution in [1.82, 2.24) is 9.88 Å². The van der Waals surface area contributed by atoms with Crippen molar-refractivity contribution >= 4 is 11.9 Å². The topological polar surface area (TPSA) is 45.7 Å². The van der Waals surface area contributed by atoms with E-state index >= 15 is 0 Å². The molecule has 0 radical (unpaired) electrons. The summed E-state index contributed by atoms with van der Waals surface area (Å²) in [7, 11) is 0.